The van der Waals surface area contributed by atoms with Gasteiger partial charge in [0, 0.05) is 34.1 Å². The van der Waals surface area contributed by atoms with Gasteiger partial charge in [-0.25, -0.2) is 0 Å². The molecular weight excluding hydrogens is 1040 g/mol. The van der Waals surface area contributed by atoms with Gasteiger partial charge in [0.2, 0.25) is 0 Å². The first-order valence-corrected chi connectivity index (χ1v) is 31.2. The third-order valence-corrected chi connectivity index (χ3v) is 17.8. The summed E-state index contributed by atoms with van der Waals surface area (Å²) in [5.41, 5.74) is 40.0. The molecule has 11 aromatic rings. The molecule has 86 heavy (non-hydrogen) atoms. The number of hydrogen-bond donors (Lipinski definition) is 0. The lowest BCUT2D eigenvalue weighted by Gasteiger charge is -2.28. The Bertz CT molecular complexity index is 3960. The zero-order valence-corrected chi connectivity index (χ0v) is 53.4. The second-order valence-electron chi connectivity index (χ2n) is 24.7. The molecule has 0 amide bonds. The monoisotopic (exact) mass is 1120 g/mol. The number of benzene rings is 11. The minimum absolute atomic E-state index is 1.10. The van der Waals surface area contributed by atoms with Gasteiger partial charge in [0.1, 0.15) is 0 Å². The minimum atomic E-state index is 1.10. The molecule has 0 N–H and O–H groups in total. The van der Waals surface area contributed by atoms with Crippen molar-refractivity contribution in [1.29, 1.82) is 0 Å². The molecule has 11 aromatic carbocycles. The first-order valence-electron chi connectivity index (χ1n) is 31.2. The van der Waals surface area contributed by atoms with E-state index in [1.165, 1.54) is 145 Å². The zero-order chi connectivity index (χ0) is 60.5. The van der Waals surface area contributed by atoms with Crippen molar-refractivity contribution >= 4 is 34.1 Å². The first kappa shape index (κ1) is 58.8. The van der Waals surface area contributed by atoms with Gasteiger partial charge >= 0.3 is 0 Å². The van der Waals surface area contributed by atoms with Gasteiger partial charge < -0.3 is 9.80 Å². The van der Waals surface area contributed by atoms with Crippen molar-refractivity contribution in [1.82, 2.24) is 0 Å². The maximum Gasteiger partial charge on any atom is 0.0464 e. The molecule has 0 unspecified atom stereocenters. The summed E-state index contributed by atoms with van der Waals surface area (Å²) in [5.74, 6) is 0. The Balaban J connectivity index is 0.928. The lowest BCUT2D eigenvalue weighted by Crippen LogP contribution is -2.11. The Hall–Kier alpha value is -8.98. The topological polar surface area (TPSA) is 6.48 Å². The molecule has 2 heteroatoms. The highest BCUT2D eigenvalue weighted by Gasteiger charge is 2.21. The summed E-state index contributed by atoms with van der Waals surface area (Å²) < 4.78 is 0. The van der Waals surface area contributed by atoms with Crippen molar-refractivity contribution in [2.24, 2.45) is 0 Å². The molecule has 0 heterocycles. The fraction of sp³-hybridized carbons (Fsp3) is 0.214. The second-order valence-corrected chi connectivity index (χ2v) is 24.7. The van der Waals surface area contributed by atoms with E-state index in [2.05, 4.69) is 313 Å². The van der Waals surface area contributed by atoms with E-state index >= 15 is 0 Å². The van der Waals surface area contributed by atoms with Crippen LogP contribution in [0.2, 0.25) is 0 Å². The average Bonchev–Trinajstić information content (AvgIpc) is 2.07. The molecule has 0 aliphatic rings. The summed E-state index contributed by atoms with van der Waals surface area (Å²) >= 11 is 0. The van der Waals surface area contributed by atoms with E-state index in [0.29, 0.717) is 0 Å². The van der Waals surface area contributed by atoms with Gasteiger partial charge in [-0.3, -0.25) is 0 Å². The Morgan fingerprint density at radius 2 is 0.477 bits per heavy atom. The van der Waals surface area contributed by atoms with Crippen molar-refractivity contribution in [2.45, 2.75) is 123 Å². The highest BCUT2D eigenvalue weighted by molar-refractivity contribution is 5.88. The quantitative estimate of drug-likeness (QED) is 0.0951. The lowest BCUT2D eigenvalue weighted by molar-refractivity contribution is 0.922. The molecule has 0 saturated carbocycles. The van der Waals surface area contributed by atoms with Gasteiger partial charge in [0.25, 0.3) is 0 Å². The highest BCUT2D eigenvalue weighted by atomic mass is 15.1. The van der Waals surface area contributed by atoms with E-state index in [1.807, 2.05) is 0 Å². The van der Waals surface area contributed by atoms with Crippen molar-refractivity contribution in [2.75, 3.05) is 9.80 Å². The molecule has 0 aliphatic carbocycles. The summed E-state index contributed by atoms with van der Waals surface area (Å²) in [6.07, 6.45) is 4.50. The molecule has 430 valence electrons. The van der Waals surface area contributed by atoms with Gasteiger partial charge in [0.15, 0.2) is 0 Å². The molecule has 0 spiro atoms. The summed E-state index contributed by atoms with van der Waals surface area (Å²) in [6, 6.07) is 78.6. The Kier molecular flexibility index (Phi) is 17.0. The Labute approximate surface area is 514 Å². The first-order chi connectivity index (χ1) is 41.5. The van der Waals surface area contributed by atoms with Gasteiger partial charge in [-0.15, -0.1) is 0 Å². The van der Waals surface area contributed by atoms with Crippen molar-refractivity contribution in [3.05, 3.63) is 284 Å². The predicted molar refractivity (Wildman–Crippen MR) is 373 cm³/mol. The van der Waals surface area contributed by atoms with E-state index in [0.717, 1.165) is 59.8 Å². The number of anilines is 6. The summed E-state index contributed by atoms with van der Waals surface area (Å²) in [7, 11) is 0. The Morgan fingerprint density at radius 1 is 0.221 bits per heavy atom. The van der Waals surface area contributed by atoms with Gasteiger partial charge in [-0.1, -0.05) is 171 Å². The van der Waals surface area contributed by atoms with Crippen LogP contribution in [0.25, 0.3) is 66.8 Å². The van der Waals surface area contributed by atoms with Crippen LogP contribution in [0.5, 0.6) is 0 Å². The van der Waals surface area contributed by atoms with Crippen molar-refractivity contribution < 1.29 is 0 Å². The van der Waals surface area contributed by atoms with Crippen LogP contribution in [0.3, 0.4) is 0 Å². The van der Waals surface area contributed by atoms with Gasteiger partial charge in [-0.05, 0) is 302 Å². The fourth-order valence-electron chi connectivity index (χ4n) is 13.8. The normalized spacial score (nSPS) is 11.3. The standard InChI is InChI=1S/C84H84N2/c1-15-17-65-19-23-67(24-20-65)77-39-35-73(47-55(77)5)85(71-31-27-69(28-32-71)83-61(11)43-53(3)44-62(83)12)75-37-41-79(57(7)49-75)81-51-60(10)82(52-59(81)9)80-42-38-76(50-58(80)8)86(72-33-29-70(30-34-72)84-63(13)45-54(4)46-64(84)14)74-36-40-78(56(6)48-74)68-25-21-66(18-16-2)22-26-68/h19-52H,15-18H2,1-14H3. The third kappa shape index (κ3) is 12.0. The molecule has 0 fully saturated rings. The number of rotatable bonds is 16. The zero-order valence-electron chi connectivity index (χ0n) is 53.4. The maximum absolute atomic E-state index is 2.43. The molecule has 0 bridgehead atoms. The van der Waals surface area contributed by atoms with E-state index in [-0.39, 0.29) is 0 Å². The number of aryl methyl sites for hydroxylation is 14. The third-order valence-electron chi connectivity index (χ3n) is 17.8. The van der Waals surface area contributed by atoms with Crippen LogP contribution in [0.15, 0.2) is 206 Å². The molecule has 0 aromatic heterocycles. The van der Waals surface area contributed by atoms with E-state index in [4.69, 9.17) is 0 Å². The van der Waals surface area contributed by atoms with Gasteiger partial charge in [-0.2, -0.15) is 0 Å². The van der Waals surface area contributed by atoms with Crippen LogP contribution < -0.4 is 9.80 Å². The number of nitrogens with zero attached hydrogens (tertiary/aromatic N) is 2. The van der Waals surface area contributed by atoms with Crippen LogP contribution in [0.4, 0.5) is 34.1 Å². The van der Waals surface area contributed by atoms with Crippen molar-refractivity contribution in [3.8, 4) is 66.8 Å². The molecule has 0 aliphatic heterocycles. The molecule has 0 saturated heterocycles. The summed E-state index contributed by atoms with van der Waals surface area (Å²) in [4.78, 5) is 4.85. The second kappa shape index (κ2) is 24.9. The Morgan fingerprint density at radius 3 is 0.756 bits per heavy atom. The fourth-order valence-corrected chi connectivity index (χ4v) is 13.8. The smallest absolute Gasteiger partial charge is 0.0464 e. The SMILES string of the molecule is CCCc1ccc(-c2ccc(N(c3ccc(-c4c(C)cc(C)cc4C)cc3)c3ccc(-c4cc(C)c(-c5ccc(N(c6ccc(-c7c(C)cc(C)cc7C)cc6)c6ccc(-c7ccc(CCC)cc7)c(C)c6)cc5C)cc4C)c(C)c3)cc2C)cc1. The molecular formula is C84H84N2. The van der Waals surface area contributed by atoms with Crippen LogP contribution in [-0.4, -0.2) is 0 Å². The molecule has 11 rings (SSSR count). The molecule has 0 atom stereocenters. The highest BCUT2D eigenvalue weighted by Crippen LogP contribution is 2.45. The van der Waals surface area contributed by atoms with Gasteiger partial charge in [0.05, 0.1) is 0 Å². The predicted octanol–water partition coefficient (Wildman–Crippen LogP) is 24.2. The van der Waals surface area contributed by atoms with E-state index in [1.54, 1.807) is 0 Å². The van der Waals surface area contributed by atoms with Crippen LogP contribution in [-0.2, 0) is 12.8 Å². The minimum Gasteiger partial charge on any atom is -0.310 e. The largest absolute Gasteiger partial charge is 0.310 e. The number of hydrogen-bond acceptors (Lipinski definition) is 2. The van der Waals surface area contributed by atoms with Crippen LogP contribution in [0, 0.1) is 83.1 Å². The summed E-state index contributed by atoms with van der Waals surface area (Å²) in [5, 5.41) is 0. The molecule has 0 radical (unpaired) electrons. The maximum atomic E-state index is 2.43. The van der Waals surface area contributed by atoms with E-state index < -0.39 is 0 Å². The average molecular weight is 1120 g/mol. The lowest BCUT2D eigenvalue weighted by atomic mass is 9.88. The van der Waals surface area contributed by atoms with Crippen LogP contribution in [0.1, 0.15) is 105 Å². The van der Waals surface area contributed by atoms with E-state index in [9.17, 15) is 0 Å². The van der Waals surface area contributed by atoms with Crippen LogP contribution >= 0.6 is 0 Å². The summed E-state index contributed by atoms with van der Waals surface area (Å²) in [6.45, 7) is 31.4. The molecule has 2 nitrogen and oxygen atoms in total. The van der Waals surface area contributed by atoms with Crippen molar-refractivity contribution in [3.63, 3.8) is 0 Å².